The second-order valence-electron chi connectivity index (χ2n) is 14.4. The number of fused-ring (bicyclic) bond motifs is 9. The highest BCUT2D eigenvalue weighted by Gasteiger charge is 2.36. The van der Waals surface area contributed by atoms with Crippen LogP contribution in [0.1, 0.15) is 25.0 Å². The lowest BCUT2D eigenvalue weighted by atomic mass is 9.79. The molecule has 2 aliphatic rings. The molecule has 9 aromatic carbocycles. The van der Waals surface area contributed by atoms with E-state index in [4.69, 9.17) is 0 Å². The number of hydrogen-bond acceptors (Lipinski definition) is 0. The van der Waals surface area contributed by atoms with Crippen molar-refractivity contribution < 1.29 is 0 Å². The van der Waals surface area contributed by atoms with Crippen molar-refractivity contribution in [3.8, 4) is 55.6 Å². The fraction of sp³-hybridized carbons (Fsp3) is 0.0612. The highest BCUT2D eigenvalue weighted by atomic mass is 14.4. The normalized spacial score (nSPS) is 13.7. The summed E-state index contributed by atoms with van der Waals surface area (Å²) in [6.45, 7) is 4.79. The second-order valence-corrected chi connectivity index (χ2v) is 14.4. The van der Waals surface area contributed by atoms with Gasteiger partial charge in [-0.25, -0.2) is 0 Å². The van der Waals surface area contributed by atoms with E-state index in [-0.39, 0.29) is 5.41 Å². The SMILES string of the molecule is CC1(C)c2ccccc2-c2cc3c(-c4ccc5c6c(cccc46)-c4ccccc4-5)c4ccccc4c(-c4cccc5ccccc45)c3cc21. The quantitative estimate of drug-likeness (QED) is 0.169. The highest BCUT2D eigenvalue weighted by Crippen LogP contribution is 2.55. The molecule has 0 nitrogen and oxygen atoms in total. The van der Waals surface area contributed by atoms with E-state index >= 15 is 0 Å². The summed E-state index contributed by atoms with van der Waals surface area (Å²) >= 11 is 0. The summed E-state index contributed by atoms with van der Waals surface area (Å²) in [4.78, 5) is 0. The lowest BCUT2D eigenvalue weighted by Crippen LogP contribution is -2.14. The van der Waals surface area contributed by atoms with Crippen LogP contribution in [0.25, 0.3) is 98.7 Å². The van der Waals surface area contributed by atoms with E-state index in [2.05, 4.69) is 172 Å². The molecule has 0 amide bonds. The average Bonchev–Trinajstić information content (AvgIpc) is 3.59. The first-order valence-corrected chi connectivity index (χ1v) is 17.4. The van der Waals surface area contributed by atoms with Crippen LogP contribution in [-0.2, 0) is 5.41 Å². The zero-order chi connectivity index (χ0) is 32.4. The molecule has 0 spiro atoms. The van der Waals surface area contributed by atoms with Gasteiger partial charge in [-0.05, 0) is 122 Å². The van der Waals surface area contributed by atoms with Crippen molar-refractivity contribution in [3.05, 3.63) is 169 Å². The van der Waals surface area contributed by atoms with E-state index in [1.54, 1.807) is 0 Å². The van der Waals surface area contributed by atoms with Gasteiger partial charge in [0.15, 0.2) is 0 Å². The van der Waals surface area contributed by atoms with Crippen molar-refractivity contribution >= 4 is 43.1 Å². The summed E-state index contributed by atoms with van der Waals surface area (Å²) < 4.78 is 0. The Morgan fingerprint density at radius 1 is 0.306 bits per heavy atom. The van der Waals surface area contributed by atoms with Crippen LogP contribution in [-0.4, -0.2) is 0 Å². The largest absolute Gasteiger partial charge is 0.0619 e. The Balaban J connectivity index is 1.35. The second kappa shape index (κ2) is 9.56. The van der Waals surface area contributed by atoms with E-state index < -0.39 is 0 Å². The van der Waals surface area contributed by atoms with Crippen LogP contribution < -0.4 is 0 Å². The molecule has 0 aliphatic heterocycles. The van der Waals surface area contributed by atoms with E-state index in [0.717, 1.165) is 0 Å². The van der Waals surface area contributed by atoms with Gasteiger partial charge < -0.3 is 0 Å². The van der Waals surface area contributed by atoms with Crippen LogP contribution >= 0.6 is 0 Å². The Kier molecular flexibility index (Phi) is 5.27. The van der Waals surface area contributed by atoms with Gasteiger partial charge in [0.1, 0.15) is 0 Å². The van der Waals surface area contributed by atoms with Gasteiger partial charge in [-0.3, -0.25) is 0 Å². The van der Waals surface area contributed by atoms with Gasteiger partial charge in [0.05, 0.1) is 0 Å². The molecule has 2 aliphatic carbocycles. The molecular formula is C49H32. The average molecular weight is 621 g/mol. The minimum absolute atomic E-state index is 0.101. The zero-order valence-corrected chi connectivity index (χ0v) is 27.5. The van der Waals surface area contributed by atoms with Crippen molar-refractivity contribution in [3.63, 3.8) is 0 Å². The van der Waals surface area contributed by atoms with Gasteiger partial charge in [0, 0.05) is 5.41 Å². The Hall–Kier alpha value is -5.98. The summed E-state index contributed by atoms with van der Waals surface area (Å²) in [5.41, 5.74) is 16.0. The Morgan fingerprint density at radius 2 is 0.796 bits per heavy atom. The van der Waals surface area contributed by atoms with Crippen molar-refractivity contribution in [2.75, 3.05) is 0 Å². The predicted molar refractivity (Wildman–Crippen MR) is 209 cm³/mol. The third-order valence-electron chi connectivity index (χ3n) is 11.6. The van der Waals surface area contributed by atoms with Gasteiger partial charge in [0.2, 0.25) is 0 Å². The third kappa shape index (κ3) is 3.48. The van der Waals surface area contributed by atoms with Gasteiger partial charge in [0.25, 0.3) is 0 Å². The first kappa shape index (κ1) is 27.0. The Bertz CT molecular complexity index is 2870. The summed E-state index contributed by atoms with van der Waals surface area (Å²) in [5, 5.41) is 10.4. The Labute approximate surface area is 285 Å². The molecular weight excluding hydrogens is 589 g/mol. The summed E-state index contributed by atoms with van der Waals surface area (Å²) in [6.07, 6.45) is 0. The maximum absolute atomic E-state index is 2.55. The van der Waals surface area contributed by atoms with Crippen molar-refractivity contribution in [2.24, 2.45) is 0 Å². The van der Waals surface area contributed by atoms with Crippen LogP contribution in [0.2, 0.25) is 0 Å². The molecule has 0 N–H and O–H groups in total. The van der Waals surface area contributed by atoms with Gasteiger partial charge in [-0.15, -0.1) is 0 Å². The Morgan fingerprint density at radius 3 is 1.57 bits per heavy atom. The first-order chi connectivity index (χ1) is 24.1. The lowest BCUT2D eigenvalue weighted by molar-refractivity contribution is 0.661. The van der Waals surface area contributed by atoms with E-state index in [1.165, 1.54) is 110 Å². The summed E-state index contributed by atoms with van der Waals surface area (Å²) in [7, 11) is 0. The molecule has 0 saturated heterocycles. The fourth-order valence-electron chi connectivity index (χ4n) is 9.42. The topological polar surface area (TPSA) is 0 Å². The van der Waals surface area contributed by atoms with Crippen LogP contribution in [0.5, 0.6) is 0 Å². The van der Waals surface area contributed by atoms with Crippen LogP contribution in [0.4, 0.5) is 0 Å². The summed E-state index contributed by atoms with van der Waals surface area (Å²) in [6, 6.07) is 59.4. The molecule has 228 valence electrons. The van der Waals surface area contributed by atoms with Crippen LogP contribution in [0, 0.1) is 0 Å². The predicted octanol–water partition coefficient (Wildman–Crippen LogP) is 13.6. The molecule has 0 unspecified atom stereocenters. The number of benzene rings is 9. The summed E-state index contributed by atoms with van der Waals surface area (Å²) in [5.74, 6) is 0. The molecule has 0 fully saturated rings. The van der Waals surface area contributed by atoms with Crippen LogP contribution in [0.15, 0.2) is 158 Å². The smallest absolute Gasteiger partial charge is 0.0159 e. The standard InChI is InChI=1S/C49H32/c1-49(2)44-24-10-9-18-33(44)41-27-42-43(28-45(41)49)47(34-21-11-14-29-13-3-4-15-30(29)34)36-19-7-8-20-37(36)48(42)40-26-25-39-32-17-6-5-16-31(32)35-22-12-23-38(40)46(35)39/h3-28H,1-2H3. The fourth-order valence-corrected chi connectivity index (χ4v) is 9.42. The van der Waals surface area contributed by atoms with Crippen LogP contribution in [0.3, 0.4) is 0 Å². The molecule has 11 rings (SSSR count). The van der Waals surface area contributed by atoms with Crippen molar-refractivity contribution in [1.82, 2.24) is 0 Å². The maximum atomic E-state index is 2.55. The van der Waals surface area contributed by atoms with E-state index in [0.29, 0.717) is 0 Å². The third-order valence-corrected chi connectivity index (χ3v) is 11.6. The molecule has 9 aromatic rings. The molecule has 0 heterocycles. The minimum Gasteiger partial charge on any atom is -0.0619 e. The van der Waals surface area contributed by atoms with Gasteiger partial charge in [-0.2, -0.15) is 0 Å². The molecule has 0 atom stereocenters. The maximum Gasteiger partial charge on any atom is 0.0159 e. The first-order valence-electron chi connectivity index (χ1n) is 17.4. The van der Waals surface area contributed by atoms with Gasteiger partial charge >= 0.3 is 0 Å². The van der Waals surface area contributed by atoms with Crippen molar-refractivity contribution in [2.45, 2.75) is 19.3 Å². The monoisotopic (exact) mass is 620 g/mol. The highest BCUT2D eigenvalue weighted by molar-refractivity contribution is 6.28. The molecule has 49 heavy (non-hydrogen) atoms. The lowest BCUT2D eigenvalue weighted by Gasteiger charge is -2.24. The van der Waals surface area contributed by atoms with Crippen molar-refractivity contribution in [1.29, 1.82) is 0 Å². The molecule has 0 radical (unpaired) electrons. The molecule has 0 bridgehead atoms. The molecule has 0 saturated carbocycles. The van der Waals surface area contributed by atoms with E-state index in [9.17, 15) is 0 Å². The zero-order valence-electron chi connectivity index (χ0n) is 27.5. The van der Waals surface area contributed by atoms with E-state index in [1.807, 2.05) is 0 Å². The number of rotatable bonds is 2. The van der Waals surface area contributed by atoms with Gasteiger partial charge in [-0.1, -0.05) is 159 Å². The number of hydrogen-bond donors (Lipinski definition) is 0. The molecule has 0 heteroatoms. The minimum atomic E-state index is -0.101. The molecule has 0 aromatic heterocycles.